The van der Waals surface area contributed by atoms with Crippen molar-refractivity contribution in [3.8, 4) is 16.9 Å². The summed E-state index contributed by atoms with van der Waals surface area (Å²) in [5.74, 6) is 0.773. The highest BCUT2D eigenvalue weighted by Gasteiger charge is 2.38. The predicted molar refractivity (Wildman–Crippen MR) is 182 cm³/mol. The Balaban J connectivity index is 1.32. The van der Waals surface area contributed by atoms with E-state index in [1.54, 1.807) is 25.8 Å². The minimum Gasteiger partial charge on any atom is -0.496 e. The molecule has 8 nitrogen and oxygen atoms in total. The molecule has 0 aromatic heterocycles. The Morgan fingerprint density at radius 2 is 1.62 bits per heavy atom. The maximum Gasteiger partial charge on any atom is 0.303 e. The molecular weight excluding hydrogens is 614 g/mol. The smallest absolute Gasteiger partial charge is 0.303 e. The SMILES string of the molecule is COc1ccccc1SCC1OC(c2ccc(-c3cccc(CNC(=O)C(C)OC(C)=O)c3)cc2)OC(c2ccc(CO)cc2)C1C. The second-order valence-corrected chi connectivity index (χ2v) is 12.6. The lowest BCUT2D eigenvalue weighted by Gasteiger charge is -2.41. The number of para-hydroxylation sites is 1. The van der Waals surface area contributed by atoms with Crippen LogP contribution in [0.2, 0.25) is 0 Å². The zero-order chi connectivity index (χ0) is 33.3. The minimum atomic E-state index is -0.853. The van der Waals surface area contributed by atoms with Gasteiger partial charge in [-0.15, -0.1) is 11.8 Å². The fourth-order valence-electron chi connectivity index (χ4n) is 5.55. The van der Waals surface area contributed by atoms with Crippen LogP contribution in [0.15, 0.2) is 102 Å². The van der Waals surface area contributed by atoms with E-state index in [1.165, 1.54) is 6.92 Å². The number of aliphatic hydroxyl groups excluding tert-OH is 1. The molecule has 4 aromatic rings. The van der Waals surface area contributed by atoms with Crippen LogP contribution >= 0.6 is 11.8 Å². The van der Waals surface area contributed by atoms with Crippen molar-refractivity contribution in [2.24, 2.45) is 5.92 Å². The van der Waals surface area contributed by atoms with E-state index < -0.39 is 18.4 Å². The average molecular weight is 656 g/mol. The topological polar surface area (TPSA) is 103 Å². The van der Waals surface area contributed by atoms with E-state index in [9.17, 15) is 14.7 Å². The molecule has 0 radical (unpaired) electrons. The minimum absolute atomic E-state index is 0.00948. The molecule has 1 saturated heterocycles. The number of carbonyl (C=O) groups is 2. The molecule has 0 aliphatic carbocycles. The molecule has 1 aliphatic heterocycles. The van der Waals surface area contributed by atoms with Gasteiger partial charge in [-0.1, -0.05) is 85.8 Å². The van der Waals surface area contributed by atoms with Crippen LogP contribution in [0.25, 0.3) is 11.1 Å². The van der Waals surface area contributed by atoms with Crippen LogP contribution in [0.4, 0.5) is 0 Å². The highest BCUT2D eigenvalue weighted by Crippen LogP contribution is 2.44. The summed E-state index contributed by atoms with van der Waals surface area (Å²) in [5, 5.41) is 12.4. The van der Waals surface area contributed by atoms with Crippen molar-refractivity contribution in [1.82, 2.24) is 5.32 Å². The molecule has 0 spiro atoms. The highest BCUT2D eigenvalue weighted by atomic mass is 32.2. The average Bonchev–Trinajstić information content (AvgIpc) is 3.10. The second kappa shape index (κ2) is 16.1. The van der Waals surface area contributed by atoms with Crippen LogP contribution in [-0.2, 0) is 37.0 Å². The van der Waals surface area contributed by atoms with Gasteiger partial charge in [-0.3, -0.25) is 9.59 Å². The number of benzene rings is 4. The summed E-state index contributed by atoms with van der Waals surface area (Å²) in [7, 11) is 1.68. The third kappa shape index (κ3) is 8.81. The summed E-state index contributed by atoms with van der Waals surface area (Å²) in [4.78, 5) is 24.5. The van der Waals surface area contributed by atoms with Crippen molar-refractivity contribution >= 4 is 23.6 Å². The lowest BCUT2D eigenvalue weighted by Crippen LogP contribution is -2.38. The van der Waals surface area contributed by atoms with Crippen molar-refractivity contribution in [2.45, 2.75) is 63.4 Å². The Labute approximate surface area is 280 Å². The van der Waals surface area contributed by atoms with Gasteiger partial charge in [0, 0.05) is 35.6 Å². The number of thioether (sulfide) groups is 1. The third-order valence-corrected chi connectivity index (χ3v) is 9.36. The summed E-state index contributed by atoms with van der Waals surface area (Å²) in [6, 6.07) is 32.0. The van der Waals surface area contributed by atoms with E-state index in [4.69, 9.17) is 18.9 Å². The van der Waals surface area contributed by atoms with Gasteiger partial charge in [0.2, 0.25) is 0 Å². The lowest BCUT2D eigenvalue weighted by molar-refractivity contribution is -0.268. The predicted octanol–water partition coefficient (Wildman–Crippen LogP) is 7.01. The summed E-state index contributed by atoms with van der Waals surface area (Å²) in [6.07, 6.45) is -1.75. The quantitative estimate of drug-likeness (QED) is 0.124. The molecule has 1 fully saturated rings. The maximum absolute atomic E-state index is 12.3. The molecule has 246 valence electrons. The van der Waals surface area contributed by atoms with Crippen LogP contribution in [-0.4, -0.2) is 42.1 Å². The summed E-state index contributed by atoms with van der Waals surface area (Å²) < 4.78 is 23.8. The standard InChI is InChI=1S/C38H41NO7S/c1-24-34(23-47-35-11-6-5-10-33(35)43-4)45-38(46-36(24)30-14-12-27(22-40)13-15-30)31-18-16-29(17-19-31)32-9-7-8-28(20-32)21-39-37(42)25(2)44-26(3)41/h5-20,24-25,34,36,38,40H,21-23H2,1-4H3,(H,39,42). The van der Waals surface area contributed by atoms with Crippen LogP contribution in [0.3, 0.4) is 0 Å². The number of esters is 1. The first-order valence-electron chi connectivity index (χ1n) is 15.7. The second-order valence-electron chi connectivity index (χ2n) is 11.6. The fourth-order valence-corrected chi connectivity index (χ4v) is 6.74. The Hall–Kier alpha value is -4.15. The first-order chi connectivity index (χ1) is 22.7. The monoisotopic (exact) mass is 655 g/mol. The van der Waals surface area contributed by atoms with Crippen molar-refractivity contribution in [3.05, 3.63) is 119 Å². The molecule has 47 heavy (non-hydrogen) atoms. The lowest BCUT2D eigenvalue weighted by atomic mass is 9.91. The van der Waals surface area contributed by atoms with E-state index in [2.05, 4.69) is 18.3 Å². The molecule has 1 aliphatic rings. The van der Waals surface area contributed by atoms with E-state index >= 15 is 0 Å². The molecule has 1 amide bonds. The summed E-state index contributed by atoms with van der Waals surface area (Å²) >= 11 is 1.71. The van der Waals surface area contributed by atoms with E-state index in [0.717, 1.165) is 44.0 Å². The number of amides is 1. The molecule has 0 saturated carbocycles. The first kappa shape index (κ1) is 34.2. The summed E-state index contributed by atoms with van der Waals surface area (Å²) in [6.45, 7) is 5.29. The Kier molecular flexibility index (Phi) is 11.7. The van der Waals surface area contributed by atoms with Gasteiger partial charge in [0.25, 0.3) is 5.91 Å². The fraction of sp³-hybridized carbons (Fsp3) is 0.316. The van der Waals surface area contributed by atoms with Crippen LogP contribution in [0.1, 0.15) is 55.4 Å². The highest BCUT2D eigenvalue weighted by molar-refractivity contribution is 7.99. The van der Waals surface area contributed by atoms with Crippen LogP contribution in [0.5, 0.6) is 5.75 Å². The van der Waals surface area contributed by atoms with Crippen molar-refractivity contribution in [3.63, 3.8) is 0 Å². The van der Waals surface area contributed by atoms with Gasteiger partial charge in [0.15, 0.2) is 12.4 Å². The molecule has 5 unspecified atom stereocenters. The first-order valence-corrected chi connectivity index (χ1v) is 16.6. The Morgan fingerprint density at radius 3 is 2.32 bits per heavy atom. The van der Waals surface area contributed by atoms with Crippen molar-refractivity contribution in [1.29, 1.82) is 0 Å². The van der Waals surface area contributed by atoms with Crippen molar-refractivity contribution in [2.75, 3.05) is 12.9 Å². The van der Waals surface area contributed by atoms with Gasteiger partial charge >= 0.3 is 5.97 Å². The largest absolute Gasteiger partial charge is 0.496 e. The molecule has 5 atom stereocenters. The van der Waals surface area contributed by atoms with Gasteiger partial charge in [-0.2, -0.15) is 0 Å². The van der Waals surface area contributed by atoms with Crippen LogP contribution in [0, 0.1) is 5.92 Å². The molecular formula is C38H41NO7S. The number of methoxy groups -OCH3 is 1. The maximum atomic E-state index is 12.3. The third-order valence-electron chi connectivity index (χ3n) is 8.22. The summed E-state index contributed by atoms with van der Waals surface area (Å²) in [5.41, 5.74) is 5.74. The molecule has 4 aromatic carbocycles. The number of hydrogen-bond donors (Lipinski definition) is 2. The number of hydrogen-bond acceptors (Lipinski definition) is 8. The normalized spacial score (nSPS) is 19.9. The zero-order valence-corrected chi connectivity index (χ0v) is 27.9. The number of nitrogens with one attached hydrogen (secondary N) is 1. The van der Waals surface area contributed by atoms with Gasteiger partial charge in [-0.25, -0.2) is 0 Å². The van der Waals surface area contributed by atoms with Gasteiger partial charge in [-0.05, 0) is 52.9 Å². The molecule has 5 rings (SSSR count). The number of rotatable bonds is 12. The van der Waals surface area contributed by atoms with Crippen molar-refractivity contribution < 1.29 is 33.6 Å². The number of carbonyl (C=O) groups excluding carboxylic acids is 2. The van der Waals surface area contributed by atoms with Crippen LogP contribution < -0.4 is 10.1 Å². The Morgan fingerprint density at radius 1 is 0.894 bits per heavy atom. The number of aliphatic hydroxyl groups is 1. The molecule has 0 bridgehead atoms. The Bertz CT molecular complexity index is 1640. The van der Waals surface area contributed by atoms with Gasteiger partial charge < -0.3 is 29.4 Å². The molecule has 2 N–H and O–H groups in total. The van der Waals surface area contributed by atoms with E-state index in [-0.39, 0.29) is 30.6 Å². The van der Waals surface area contributed by atoms with E-state index in [1.807, 2.05) is 91.0 Å². The molecule has 9 heteroatoms. The zero-order valence-electron chi connectivity index (χ0n) is 27.1. The van der Waals surface area contributed by atoms with Gasteiger partial charge in [0.05, 0.1) is 25.9 Å². The molecule has 1 heterocycles. The van der Waals surface area contributed by atoms with E-state index in [0.29, 0.717) is 12.3 Å². The number of ether oxygens (including phenoxy) is 4. The van der Waals surface area contributed by atoms with Gasteiger partial charge in [0.1, 0.15) is 5.75 Å².